The molecular formula is C20H20N2OS. The van der Waals surface area contributed by atoms with E-state index in [0.29, 0.717) is 16.9 Å². The van der Waals surface area contributed by atoms with E-state index in [-0.39, 0.29) is 5.91 Å². The third-order valence-electron chi connectivity index (χ3n) is 3.92. The molecule has 0 saturated heterocycles. The van der Waals surface area contributed by atoms with Crippen LogP contribution in [0.3, 0.4) is 0 Å². The number of amides is 1. The molecule has 0 unspecified atom stereocenters. The lowest BCUT2D eigenvalue weighted by atomic mass is 10.1. The average molecular weight is 336 g/mol. The van der Waals surface area contributed by atoms with E-state index in [1.165, 1.54) is 11.1 Å². The van der Waals surface area contributed by atoms with Crippen molar-refractivity contribution in [2.45, 2.75) is 27.3 Å². The highest BCUT2D eigenvalue weighted by molar-refractivity contribution is 7.16. The molecule has 1 amide bonds. The van der Waals surface area contributed by atoms with Crippen LogP contribution in [0.2, 0.25) is 0 Å². The lowest BCUT2D eigenvalue weighted by Gasteiger charge is -2.03. The molecule has 0 fully saturated rings. The molecule has 0 aliphatic heterocycles. The van der Waals surface area contributed by atoms with Crippen LogP contribution < -0.4 is 4.80 Å². The smallest absolute Gasteiger partial charge is 0.279 e. The van der Waals surface area contributed by atoms with Crippen molar-refractivity contribution in [3.05, 3.63) is 76.1 Å². The topological polar surface area (TPSA) is 34.4 Å². The average Bonchev–Trinajstić information content (AvgIpc) is 2.87. The lowest BCUT2D eigenvalue weighted by Crippen LogP contribution is -2.16. The number of thiazole rings is 1. The van der Waals surface area contributed by atoms with Gasteiger partial charge in [0, 0.05) is 12.1 Å². The number of rotatable bonds is 3. The summed E-state index contributed by atoms with van der Waals surface area (Å²) in [5.74, 6) is -0.214. The number of nitrogens with zero attached hydrogens (tertiary/aromatic N) is 2. The molecule has 3 aromatic rings. The maximum atomic E-state index is 12.5. The summed E-state index contributed by atoms with van der Waals surface area (Å²) in [5, 5.41) is 0. The Hall–Kier alpha value is -2.46. The van der Waals surface area contributed by atoms with Gasteiger partial charge in [0.1, 0.15) is 0 Å². The Morgan fingerprint density at radius 2 is 1.88 bits per heavy atom. The van der Waals surface area contributed by atoms with E-state index in [4.69, 9.17) is 0 Å². The van der Waals surface area contributed by atoms with Gasteiger partial charge in [-0.25, -0.2) is 0 Å². The minimum absolute atomic E-state index is 0.214. The van der Waals surface area contributed by atoms with Crippen LogP contribution in [0.15, 0.2) is 54.0 Å². The highest BCUT2D eigenvalue weighted by Gasteiger charge is 2.10. The Labute approximate surface area is 145 Å². The van der Waals surface area contributed by atoms with Crippen LogP contribution in [0.1, 0.15) is 27.0 Å². The number of hydrogen-bond donors (Lipinski definition) is 0. The summed E-state index contributed by atoms with van der Waals surface area (Å²) < 4.78 is 3.22. The molecule has 122 valence electrons. The van der Waals surface area contributed by atoms with Crippen molar-refractivity contribution in [2.75, 3.05) is 0 Å². The molecule has 0 radical (unpaired) electrons. The Kier molecular flexibility index (Phi) is 4.49. The number of allylic oxidation sites excluding steroid dienone is 1. The Balaban J connectivity index is 2.19. The standard InChI is InChI=1S/C20H20N2OS/c1-5-10-22-17-12-14(3)11-15(4)18(17)24-20(22)21-19(23)16-8-6-13(2)7-9-16/h5-9,11-12H,1,10H2,2-4H3. The van der Waals surface area contributed by atoms with E-state index in [1.807, 2.05) is 37.3 Å². The van der Waals surface area contributed by atoms with Gasteiger partial charge in [-0.15, -0.1) is 6.58 Å². The molecule has 0 aliphatic rings. The predicted octanol–water partition coefficient (Wildman–Crippen LogP) is 4.56. The first-order valence-corrected chi connectivity index (χ1v) is 8.68. The Bertz CT molecular complexity index is 991. The van der Waals surface area contributed by atoms with E-state index < -0.39 is 0 Å². The zero-order valence-electron chi connectivity index (χ0n) is 14.2. The van der Waals surface area contributed by atoms with Crippen molar-refractivity contribution < 1.29 is 4.79 Å². The highest BCUT2D eigenvalue weighted by Crippen LogP contribution is 2.23. The fourth-order valence-electron chi connectivity index (χ4n) is 2.75. The van der Waals surface area contributed by atoms with E-state index in [2.05, 4.69) is 42.1 Å². The molecule has 1 heterocycles. The number of hydrogen-bond acceptors (Lipinski definition) is 2. The van der Waals surface area contributed by atoms with E-state index in [9.17, 15) is 4.79 Å². The first-order chi connectivity index (χ1) is 11.5. The van der Waals surface area contributed by atoms with Gasteiger partial charge < -0.3 is 4.57 Å². The molecule has 0 aliphatic carbocycles. The van der Waals surface area contributed by atoms with Crippen molar-refractivity contribution in [3.8, 4) is 0 Å². The van der Waals surface area contributed by atoms with Gasteiger partial charge in [-0.2, -0.15) is 4.99 Å². The van der Waals surface area contributed by atoms with Crippen LogP contribution in [0.25, 0.3) is 10.2 Å². The van der Waals surface area contributed by atoms with Crippen molar-refractivity contribution >= 4 is 27.5 Å². The molecule has 0 atom stereocenters. The van der Waals surface area contributed by atoms with Crippen molar-refractivity contribution in [2.24, 2.45) is 4.99 Å². The maximum absolute atomic E-state index is 12.5. The van der Waals surface area contributed by atoms with Crippen LogP contribution in [0.4, 0.5) is 0 Å². The van der Waals surface area contributed by atoms with E-state index >= 15 is 0 Å². The number of fused-ring (bicyclic) bond motifs is 1. The van der Waals surface area contributed by atoms with Crippen LogP contribution in [-0.2, 0) is 6.54 Å². The summed E-state index contributed by atoms with van der Waals surface area (Å²) in [6.07, 6.45) is 1.83. The molecule has 0 bridgehead atoms. The van der Waals surface area contributed by atoms with Crippen LogP contribution in [-0.4, -0.2) is 10.5 Å². The van der Waals surface area contributed by atoms with Crippen molar-refractivity contribution in [1.29, 1.82) is 0 Å². The van der Waals surface area contributed by atoms with Gasteiger partial charge in [-0.1, -0.05) is 41.2 Å². The summed E-state index contributed by atoms with van der Waals surface area (Å²) in [7, 11) is 0. The summed E-state index contributed by atoms with van der Waals surface area (Å²) in [5.41, 5.74) is 5.24. The highest BCUT2D eigenvalue weighted by atomic mass is 32.1. The third-order valence-corrected chi connectivity index (χ3v) is 5.15. The largest absolute Gasteiger partial charge is 0.312 e. The SMILES string of the molecule is C=CCn1c(=NC(=O)c2ccc(C)cc2)sc2c(C)cc(C)cc21. The molecular weight excluding hydrogens is 316 g/mol. The van der Waals surface area contributed by atoms with Gasteiger partial charge in [-0.05, 0) is 50.1 Å². The van der Waals surface area contributed by atoms with Gasteiger partial charge in [0.2, 0.25) is 0 Å². The summed E-state index contributed by atoms with van der Waals surface area (Å²) >= 11 is 1.55. The molecule has 1 aromatic heterocycles. The van der Waals surface area contributed by atoms with E-state index in [0.717, 1.165) is 15.8 Å². The minimum Gasteiger partial charge on any atom is -0.312 e. The Morgan fingerprint density at radius 1 is 1.17 bits per heavy atom. The summed E-state index contributed by atoms with van der Waals surface area (Å²) in [4.78, 5) is 17.6. The van der Waals surface area contributed by atoms with Gasteiger partial charge in [-0.3, -0.25) is 4.79 Å². The monoisotopic (exact) mass is 336 g/mol. The summed E-state index contributed by atoms with van der Waals surface area (Å²) in [6.45, 7) is 10.6. The summed E-state index contributed by atoms with van der Waals surface area (Å²) in [6, 6.07) is 11.8. The van der Waals surface area contributed by atoms with Gasteiger partial charge in [0.25, 0.3) is 5.91 Å². The molecule has 0 spiro atoms. The van der Waals surface area contributed by atoms with Crippen LogP contribution >= 0.6 is 11.3 Å². The molecule has 0 saturated carbocycles. The Morgan fingerprint density at radius 3 is 2.54 bits per heavy atom. The second kappa shape index (κ2) is 6.57. The molecule has 3 nitrogen and oxygen atoms in total. The number of aryl methyl sites for hydroxylation is 3. The zero-order chi connectivity index (χ0) is 17.3. The molecule has 3 rings (SSSR count). The van der Waals surface area contributed by atoms with Gasteiger partial charge >= 0.3 is 0 Å². The fourth-order valence-corrected chi connectivity index (χ4v) is 3.84. The van der Waals surface area contributed by atoms with Crippen molar-refractivity contribution in [3.63, 3.8) is 0 Å². The van der Waals surface area contributed by atoms with E-state index in [1.54, 1.807) is 11.3 Å². The minimum atomic E-state index is -0.214. The fraction of sp³-hybridized carbons (Fsp3) is 0.200. The predicted molar refractivity (Wildman–Crippen MR) is 101 cm³/mol. The molecule has 24 heavy (non-hydrogen) atoms. The maximum Gasteiger partial charge on any atom is 0.279 e. The zero-order valence-corrected chi connectivity index (χ0v) is 15.0. The second-order valence-electron chi connectivity index (χ2n) is 6.00. The molecule has 2 aromatic carbocycles. The van der Waals surface area contributed by atoms with Crippen molar-refractivity contribution in [1.82, 2.24) is 4.57 Å². The number of carbonyl (C=O) groups excluding carboxylic acids is 1. The van der Waals surface area contributed by atoms with Crippen LogP contribution in [0, 0.1) is 20.8 Å². The number of benzene rings is 2. The first kappa shape index (κ1) is 16.4. The third kappa shape index (κ3) is 3.10. The normalized spacial score (nSPS) is 11.9. The van der Waals surface area contributed by atoms with Gasteiger partial charge in [0.15, 0.2) is 4.80 Å². The lowest BCUT2D eigenvalue weighted by molar-refractivity contribution is 0.0998. The number of aromatic nitrogens is 1. The first-order valence-electron chi connectivity index (χ1n) is 7.87. The second-order valence-corrected chi connectivity index (χ2v) is 6.97. The molecule has 4 heteroatoms. The van der Waals surface area contributed by atoms with Gasteiger partial charge in [0.05, 0.1) is 10.2 Å². The molecule has 0 N–H and O–H groups in total. The van der Waals surface area contributed by atoms with Crippen LogP contribution in [0.5, 0.6) is 0 Å². The number of carbonyl (C=O) groups is 1. The quantitative estimate of drug-likeness (QED) is 0.646.